The van der Waals surface area contributed by atoms with E-state index in [1.807, 2.05) is 6.07 Å². The second-order valence-electron chi connectivity index (χ2n) is 9.79. The molecule has 1 atom stereocenters. The molecule has 3 fully saturated rings. The Bertz CT molecular complexity index is 1260. The average molecular weight is 484 g/mol. The summed E-state index contributed by atoms with van der Waals surface area (Å²) in [6.07, 6.45) is 1.86. The van der Waals surface area contributed by atoms with Gasteiger partial charge in [0.2, 0.25) is 11.8 Å². The number of aromatic nitrogens is 2. The summed E-state index contributed by atoms with van der Waals surface area (Å²) in [4.78, 5) is 63.4. The smallest absolute Gasteiger partial charge is 0.376 e. The highest BCUT2D eigenvalue weighted by molar-refractivity contribution is 6.00. The number of amides is 3. The second kappa shape index (κ2) is 8.95. The van der Waals surface area contributed by atoms with E-state index < -0.39 is 24.0 Å². The summed E-state index contributed by atoms with van der Waals surface area (Å²) in [7, 11) is 1.61. The van der Waals surface area contributed by atoms with Crippen LogP contribution in [0.4, 0.5) is 4.79 Å². The van der Waals surface area contributed by atoms with Crippen molar-refractivity contribution in [2.75, 3.05) is 26.2 Å². The molecule has 1 aromatic carbocycles. The van der Waals surface area contributed by atoms with Gasteiger partial charge in [0.05, 0.1) is 17.5 Å². The molecule has 1 spiro atoms. The van der Waals surface area contributed by atoms with Crippen molar-refractivity contribution in [1.82, 2.24) is 24.7 Å². The maximum atomic E-state index is 13.0. The number of nitrogens with zero attached hydrogens (tertiary/aromatic N) is 3. The Labute approximate surface area is 201 Å². The van der Waals surface area contributed by atoms with Gasteiger partial charge in [-0.2, -0.15) is 0 Å². The van der Waals surface area contributed by atoms with Crippen molar-refractivity contribution in [2.45, 2.75) is 44.6 Å². The number of benzene rings is 1. The van der Waals surface area contributed by atoms with Gasteiger partial charge >= 0.3 is 17.8 Å². The summed E-state index contributed by atoms with van der Waals surface area (Å²) in [6.45, 7) is 3.13. The van der Waals surface area contributed by atoms with Crippen LogP contribution in [0, 0.1) is 5.41 Å². The van der Waals surface area contributed by atoms with Gasteiger partial charge in [0, 0.05) is 39.6 Å². The Balaban J connectivity index is 1.26. The highest BCUT2D eigenvalue weighted by atomic mass is 16.6. The van der Waals surface area contributed by atoms with E-state index in [1.165, 1.54) is 9.13 Å². The lowest BCUT2D eigenvalue weighted by molar-refractivity contribution is -0.139. The first kappa shape index (κ1) is 23.3. The lowest BCUT2D eigenvalue weighted by Crippen LogP contribution is -2.58. The van der Waals surface area contributed by atoms with Gasteiger partial charge in [-0.15, -0.1) is 0 Å². The number of nitrogens with one attached hydrogen (secondary N) is 2. The summed E-state index contributed by atoms with van der Waals surface area (Å²) < 4.78 is 7.95. The first-order valence-electron chi connectivity index (χ1n) is 12.0. The number of imidazole rings is 1. The number of ether oxygens (including phenoxy) is 1. The topological polar surface area (TPSA) is 132 Å². The number of hydrogen-bond acceptors (Lipinski definition) is 7. The molecule has 3 aliphatic heterocycles. The van der Waals surface area contributed by atoms with Gasteiger partial charge in [-0.1, -0.05) is 12.1 Å². The van der Waals surface area contributed by atoms with Crippen LogP contribution in [-0.4, -0.2) is 64.1 Å². The quantitative estimate of drug-likeness (QED) is 0.370. The fraction of sp³-hybridized carbons (Fsp3) is 0.542. The van der Waals surface area contributed by atoms with Gasteiger partial charge in [0.15, 0.2) is 0 Å². The number of aryl methyl sites for hydroxylation is 2. The third-order valence-corrected chi connectivity index (χ3v) is 7.59. The number of carbonyl (C=O) groups is 4. The lowest BCUT2D eigenvalue weighted by atomic mass is 9.73. The van der Waals surface area contributed by atoms with Crippen LogP contribution in [0.5, 0.6) is 0 Å². The Morgan fingerprint density at radius 1 is 1.14 bits per heavy atom. The number of hydrogen-bond donors (Lipinski definition) is 2. The number of piperidine rings is 2. The van der Waals surface area contributed by atoms with E-state index in [9.17, 15) is 24.0 Å². The van der Waals surface area contributed by atoms with Crippen LogP contribution in [0.1, 0.15) is 43.7 Å². The molecule has 11 heteroatoms. The van der Waals surface area contributed by atoms with Crippen LogP contribution in [0.15, 0.2) is 23.0 Å². The van der Waals surface area contributed by atoms with Crippen molar-refractivity contribution in [3.63, 3.8) is 0 Å². The number of fused-ring (bicyclic) bond motifs is 1. The molecule has 3 saturated heterocycles. The van der Waals surface area contributed by atoms with Crippen LogP contribution < -0.4 is 16.3 Å². The van der Waals surface area contributed by atoms with Gasteiger partial charge in [-0.25, -0.2) is 9.59 Å². The molecule has 3 amide bonds. The largest absolute Gasteiger partial charge is 0.417 e. The number of para-hydroxylation sites is 1. The first-order valence-corrected chi connectivity index (χ1v) is 12.0. The minimum Gasteiger partial charge on any atom is -0.376 e. The maximum absolute atomic E-state index is 13.0. The molecule has 3 aliphatic rings. The zero-order valence-corrected chi connectivity index (χ0v) is 19.7. The molecule has 0 radical (unpaired) electrons. The summed E-state index contributed by atoms with van der Waals surface area (Å²) in [5.74, 6) is -1.47. The van der Waals surface area contributed by atoms with Crippen molar-refractivity contribution in [1.29, 1.82) is 0 Å². The predicted molar refractivity (Wildman–Crippen MR) is 125 cm³/mol. The van der Waals surface area contributed by atoms with Crippen molar-refractivity contribution >= 4 is 34.9 Å². The molecule has 11 nitrogen and oxygen atoms in total. The number of esters is 1. The summed E-state index contributed by atoms with van der Waals surface area (Å²) >= 11 is 0. The van der Waals surface area contributed by atoms with Gasteiger partial charge in [0.25, 0.3) is 0 Å². The molecule has 2 aromatic rings. The normalized spacial score (nSPS) is 21.6. The Hall–Kier alpha value is -3.47. The van der Waals surface area contributed by atoms with E-state index in [1.54, 1.807) is 24.1 Å². The predicted octanol–water partition coefficient (Wildman–Crippen LogP) is 0.599. The molecule has 0 aliphatic carbocycles. The fourth-order valence-electron chi connectivity index (χ4n) is 5.40. The third-order valence-electron chi connectivity index (χ3n) is 7.59. The number of carbonyl (C=O) groups excluding carboxylic acids is 4. The van der Waals surface area contributed by atoms with Gasteiger partial charge in [-0.05, 0) is 42.7 Å². The molecule has 186 valence electrons. The Kier molecular flexibility index (Phi) is 5.96. The molecule has 0 bridgehead atoms. The fourth-order valence-corrected chi connectivity index (χ4v) is 5.40. The molecular formula is C24H29N5O6. The minimum atomic E-state index is -0.777. The highest BCUT2D eigenvalue weighted by Gasteiger charge is 2.41. The van der Waals surface area contributed by atoms with Gasteiger partial charge in [0.1, 0.15) is 6.04 Å². The highest BCUT2D eigenvalue weighted by Crippen LogP contribution is 2.35. The number of rotatable bonds is 4. The van der Waals surface area contributed by atoms with Crippen molar-refractivity contribution in [3.05, 3.63) is 34.2 Å². The minimum absolute atomic E-state index is 0.0235. The van der Waals surface area contributed by atoms with Crippen LogP contribution in [0.25, 0.3) is 11.0 Å². The van der Waals surface area contributed by atoms with Crippen LogP contribution in [0.2, 0.25) is 0 Å². The molecule has 1 unspecified atom stereocenters. The summed E-state index contributed by atoms with van der Waals surface area (Å²) in [6, 6.07) is 4.53. The molecule has 5 rings (SSSR count). The van der Waals surface area contributed by atoms with Crippen molar-refractivity contribution < 1.29 is 23.9 Å². The SMILES string of the molecule is Cn1c(=O)n(C2CCC(=O)NC2=O)c2cccc(CCC(=O)OC(=O)N3CCC4(CC3)CNC4)c21. The second-order valence-corrected chi connectivity index (χ2v) is 9.79. The average Bonchev–Trinajstić information content (AvgIpc) is 3.07. The van der Waals surface area contributed by atoms with E-state index in [2.05, 4.69) is 10.6 Å². The van der Waals surface area contributed by atoms with E-state index in [4.69, 9.17) is 4.74 Å². The van der Waals surface area contributed by atoms with E-state index in [-0.39, 0.29) is 37.3 Å². The van der Waals surface area contributed by atoms with Crippen LogP contribution in [-0.2, 0) is 32.6 Å². The standard InChI is InChI=1S/C24H29N5O6/c1-27-20-15(3-2-4-16(20)29(22(27)33)17-6-7-18(30)26-21(17)32)5-8-19(31)35-23(34)28-11-9-24(10-12-28)13-25-14-24/h2-4,17,25H,5-14H2,1H3,(H,26,30,32). The molecule has 1 aromatic heterocycles. The number of imide groups is 1. The molecular weight excluding hydrogens is 454 g/mol. The third kappa shape index (κ3) is 4.24. The first-order chi connectivity index (χ1) is 16.8. The molecule has 35 heavy (non-hydrogen) atoms. The van der Waals surface area contributed by atoms with Gasteiger partial charge < -0.3 is 15.0 Å². The maximum Gasteiger partial charge on any atom is 0.417 e. The number of likely N-dealkylation sites (tertiary alicyclic amines) is 1. The molecule has 4 heterocycles. The Morgan fingerprint density at radius 2 is 1.89 bits per heavy atom. The monoisotopic (exact) mass is 483 g/mol. The lowest BCUT2D eigenvalue weighted by Gasteiger charge is -2.47. The van der Waals surface area contributed by atoms with Crippen LogP contribution in [0.3, 0.4) is 0 Å². The molecule has 0 saturated carbocycles. The molecule has 2 N–H and O–H groups in total. The summed E-state index contributed by atoms with van der Waals surface area (Å²) in [5.41, 5.74) is 1.82. The Morgan fingerprint density at radius 3 is 2.54 bits per heavy atom. The zero-order chi connectivity index (χ0) is 24.7. The summed E-state index contributed by atoms with van der Waals surface area (Å²) in [5, 5.41) is 5.57. The van der Waals surface area contributed by atoms with Crippen LogP contribution >= 0.6 is 0 Å². The van der Waals surface area contributed by atoms with Crippen molar-refractivity contribution in [3.8, 4) is 0 Å². The zero-order valence-electron chi connectivity index (χ0n) is 19.7. The van der Waals surface area contributed by atoms with Gasteiger partial charge in [-0.3, -0.25) is 28.8 Å². The van der Waals surface area contributed by atoms with E-state index in [0.717, 1.165) is 31.5 Å². The van der Waals surface area contributed by atoms with E-state index >= 15 is 0 Å². The van der Waals surface area contributed by atoms with E-state index in [0.29, 0.717) is 29.5 Å². The van der Waals surface area contributed by atoms with Crippen molar-refractivity contribution in [2.24, 2.45) is 12.5 Å².